The molecule has 1 unspecified atom stereocenters. The second-order valence-corrected chi connectivity index (χ2v) is 6.35. The van der Waals surface area contributed by atoms with Gasteiger partial charge < -0.3 is 10.5 Å². The van der Waals surface area contributed by atoms with Crippen LogP contribution in [-0.2, 0) is 11.2 Å². The highest BCUT2D eigenvalue weighted by atomic mass is 16.5. The van der Waals surface area contributed by atoms with Crippen molar-refractivity contribution < 1.29 is 9.53 Å². The Morgan fingerprint density at radius 3 is 2.57 bits per heavy atom. The second-order valence-electron chi connectivity index (χ2n) is 6.35. The number of methoxy groups -OCH3 is 1. The molecule has 2 aromatic rings. The molecule has 1 aliphatic rings. The zero-order chi connectivity index (χ0) is 16.4. The quantitative estimate of drug-likeness (QED) is 0.917. The van der Waals surface area contributed by atoms with E-state index in [2.05, 4.69) is 12.1 Å². The van der Waals surface area contributed by atoms with Crippen LogP contribution in [0.15, 0.2) is 48.5 Å². The minimum Gasteiger partial charge on any atom is -0.497 e. The number of nitrogens with two attached hydrogens (primary N) is 1. The largest absolute Gasteiger partial charge is 0.497 e. The average Bonchev–Trinajstić information content (AvgIpc) is 2.90. The summed E-state index contributed by atoms with van der Waals surface area (Å²) in [5.41, 5.74) is 9.86. The maximum Gasteiger partial charge on any atom is 0.140 e. The first-order valence-corrected chi connectivity index (χ1v) is 8.10. The molecule has 0 aromatic heterocycles. The minimum absolute atomic E-state index is 0.0294. The number of hydrogen-bond acceptors (Lipinski definition) is 3. The standard InChI is InChI=1S/C20H23NO2/c1-13(14-7-9-17(23-2)10-8-14)19(22)12-16-11-15-5-3-4-6-18(15)20(16)21/h3-10,13,16,20H,11-12,21H2,1-2H3/t13?,16-,20-/m1/s1. The zero-order valence-corrected chi connectivity index (χ0v) is 13.7. The van der Waals surface area contributed by atoms with Crippen molar-refractivity contribution in [2.75, 3.05) is 7.11 Å². The minimum atomic E-state index is -0.114. The third-order valence-corrected chi connectivity index (χ3v) is 4.97. The van der Waals surface area contributed by atoms with Gasteiger partial charge in [-0.15, -0.1) is 0 Å². The summed E-state index contributed by atoms with van der Waals surface area (Å²) >= 11 is 0. The van der Waals surface area contributed by atoms with E-state index in [4.69, 9.17) is 10.5 Å². The van der Waals surface area contributed by atoms with Crippen LogP contribution in [0.2, 0.25) is 0 Å². The number of fused-ring (bicyclic) bond motifs is 1. The molecule has 3 nitrogen and oxygen atoms in total. The number of ketones is 1. The average molecular weight is 309 g/mol. The van der Waals surface area contributed by atoms with E-state index < -0.39 is 0 Å². The van der Waals surface area contributed by atoms with Crippen LogP contribution in [0.5, 0.6) is 5.75 Å². The van der Waals surface area contributed by atoms with Gasteiger partial charge in [-0.05, 0) is 41.2 Å². The Hall–Kier alpha value is -2.13. The molecule has 23 heavy (non-hydrogen) atoms. The van der Waals surface area contributed by atoms with Crippen molar-refractivity contribution in [1.29, 1.82) is 0 Å². The highest BCUT2D eigenvalue weighted by Gasteiger charge is 2.32. The van der Waals surface area contributed by atoms with E-state index in [1.807, 2.05) is 43.3 Å². The van der Waals surface area contributed by atoms with Crippen molar-refractivity contribution in [3.8, 4) is 5.75 Å². The molecule has 0 aliphatic heterocycles. The SMILES string of the molecule is COc1ccc(C(C)C(=O)C[C@H]2Cc3ccccc3[C@@H]2N)cc1. The second kappa shape index (κ2) is 6.55. The number of ether oxygens (including phenoxy) is 1. The topological polar surface area (TPSA) is 52.3 Å². The molecule has 0 heterocycles. The molecular formula is C20H23NO2. The summed E-state index contributed by atoms with van der Waals surface area (Å²) in [5.74, 6) is 1.16. The van der Waals surface area contributed by atoms with Gasteiger partial charge in [0.25, 0.3) is 0 Å². The Morgan fingerprint density at radius 2 is 1.91 bits per heavy atom. The number of hydrogen-bond donors (Lipinski definition) is 1. The van der Waals surface area contributed by atoms with E-state index in [1.54, 1.807) is 7.11 Å². The van der Waals surface area contributed by atoms with Crippen molar-refractivity contribution in [1.82, 2.24) is 0 Å². The van der Waals surface area contributed by atoms with Crippen molar-refractivity contribution in [3.63, 3.8) is 0 Å². The monoisotopic (exact) mass is 309 g/mol. The van der Waals surface area contributed by atoms with E-state index in [0.29, 0.717) is 6.42 Å². The predicted octanol–water partition coefficient (Wildman–Crippen LogP) is 3.63. The molecule has 0 bridgehead atoms. The van der Waals surface area contributed by atoms with Crippen molar-refractivity contribution in [3.05, 3.63) is 65.2 Å². The maximum absolute atomic E-state index is 12.7. The fraction of sp³-hybridized carbons (Fsp3) is 0.350. The van der Waals surface area contributed by atoms with Crippen molar-refractivity contribution >= 4 is 5.78 Å². The first kappa shape index (κ1) is 15.8. The van der Waals surface area contributed by atoms with Crippen LogP contribution >= 0.6 is 0 Å². The molecule has 1 aliphatic carbocycles. The van der Waals surface area contributed by atoms with Crippen LogP contribution in [-0.4, -0.2) is 12.9 Å². The van der Waals surface area contributed by atoms with E-state index in [1.165, 1.54) is 11.1 Å². The van der Waals surface area contributed by atoms with Crippen LogP contribution in [0.4, 0.5) is 0 Å². The molecule has 0 spiro atoms. The van der Waals surface area contributed by atoms with Gasteiger partial charge in [-0.2, -0.15) is 0 Å². The van der Waals surface area contributed by atoms with Gasteiger partial charge in [0, 0.05) is 18.4 Å². The van der Waals surface area contributed by atoms with Gasteiger partial charge in [0.1, 0.15) is 11.5 Å². The lowest BCUT2D eigenvalue weighted by atomic mass is 9.87. The first-order chi connectivity index (χ1) is 11.1. The molecule has 3 rings (SSSR count). The summed E-state index contributed by atoms with van der Waals surface area (Å²) in [6, 6.07) is 15.9. The molecule has 0 saturated carbocycles. The number of Topliss-reactive ketones (excluding diaryl/α,β-unsaturated/α-hetero) is 1. The van der Waals surface area contributed by atoms with Gasteiger partial charge in [0.05, 0.1) is 7.11 Å². The van der Waals surface area contributed by atoms with Crippen molar-refractivity contribution in [2.24, 2.45) is 11.7 Å². The summed E-state index contributed by atoms with van der Waals surface area (Å²) in [4.78, 5) is 12.7. The molecule has 0 radical (unpaired) electrons. The van der Waals surface area contributed by atoms with Gasteiger partial charge in [-0.1, -0.05) is 43.3 Å². The Labute approximate surface area is 137 Å². The Kier molecular flexibility index (Phi) is 4.49. The molecule has 0 saturated heterocycles. The molecule has 2 aromatic carbocycles. The van der Waals surface area contributed by atoms with Gasteiger partial charge in [0.15, 0.2) is 0 Å². The summed E-state index contributed by atoms with van der Waals surface area (Å²) < 4.78 is 5.17. The highest BCUT2D eigenvalue weighted by Crippen LogP contribution is 2.37. The lowest BCUT2D eigenvalue weighted by Gasteiger charge is -2.18. The lowest BCUT2D eigenvalue weighted by Crippen LogP contribution is -2.22. The molecular weight excluding hydrogens is 286 g/mol. The summed E-state index contributed by atoms with van der Waals surface area (Å²) in [5, 5.41) is 0. The Bertz CT molecular complexity index is 693. The fourth-order valence-electron chi connectivity index (χ4n) is 3.42. The summed E-state index contributed by atoms with van der Waals surface area (Å²) in [6.07, 6.45) is 1.43. The van der Waals surface area contributed by atoms with Gasteiger partial charge >= 0.3 is 0 Å². The van der Waals surface area contributed by atoms with Crippen LogP contribution in [0.1, 0.15) is 42.0 Å². The summed E-state index contributed by atoms with van der Waals surface area (Å²) in [7, 11) is 1.64. The molecule has 3 atom stereocenters. The van der Waals surface area contributed by atoms with Crippen LogP contribution < -0.4 is 10.5 Å². The predicted molar refractivity (Wildman–Crippen MR) is 91.6 cm³/mol. The van der Waals surface area contributed by atoms with Crippen LogP contribution in [0.3, 0.4) is 0 Å². The fourth-order valence-corrected chi connectivity index (χ4v) is 3.42. The molecule has 0 amide bonds. The Balaban J connectivity index is 1.67. The van der Waals surface area contributed by atoms with E-state index in [9.17, 15) is 4.79 Å². The number of carbonyl (C=O) groups is 1. The van der Waals surface area contributed by atoms with Gasteiger partial charge in [-0.3, -0.25) is 4.79 Å². The molecule has 2 N–H and O–H groups in total. The van der Waals surface area contributed by atoms with E-state index >= 15 is 0 Å². The lowest BCUT2D eigenvalue weighted by molar-refractivity contribution is -0.121. The van der Waals surface area contributed by atoms with Gasteiger partial charge in [0.2, 0.25) is 0 Å². The maximum atomic E-state index is 12.7. The molecule has 0 fully saturated rings. The number of carbonyl (C=O) groups excluding carboxylic acids is 1. The smallest absolute Gasteiger partial charge is 0.140 e. The van der Waals surface area contributed by atoms with Crippen LogP contribution in [0, 0.1) is 5.92 Å². The molecule has 120 valence electrons. The highest BCUT2D eigenvalue weighted by molar-refractivity contribution is 5.85. The van der Waals surface area contributed by atoms with Crippen molar-refractivity contribution in [2.45, 2.75) is 31.7 Å². The Morgan fingerprint density at radius 1 is 1.22 bits per heavy atom. The normalized spacial score (nSPS) is 20.8. The zero-order valence-electron chi connectivity index (χ0n) is 13.7. The number of rotatable bonds is 5. The van der Waals surface area contributed by atoms with Gasteiger partial charge in [-0.25, -0.2) is 0 Å². The van der Waals surface area contributed by atoms with Crippen LogP contribution in [0.25, 0.3) is 0 Å². The number of benzene rings is 2. The third kappa shape index (κ3) is 3.15. The van der Waals surface area contributed by atoms with E-state index in [0.717, 1.165) is 17.7 Å². The first-order valence-electron chi connectivity index (χ1n) is 8.10. The third-order valence-electron chi connectivity index (χ3n) is 4.97. The molecule has 3 heteroatoms. The van der Waals surface area contributed by atoms with E-state index in [-0.39, 0.29) is 23.7 Å². The summed E-state index contributed by atoms with van der Waals surface area (Å²) in [6.45, 7) is 1.97.